The van der Waals surface area contributed by atoms with Gasteiger partial charge in [0.2, 0.25) is 0 Å². The molecule has 8 heteroatoms. The van der Waals surface area contributed by atoms with Crippen LogP contribution in [0, 0.1) is 0 Å². The van der Waals surface area contributed by atoms with E-state index in [4.69, 9.17) is 4.74 Å². The number of carbonyl (C=O) groups excluding carboxylic acids is 1. The first-order valence-corrected chi connectivity index (χ1v) is 8.72. The number of esters is 1. The molecule has 0 radical (unpaired) electrons. The zero-order valence-electron chi connectivity index (χ0n) is 9.91. The molecule has 5 nitrogen and oxygen atoms in total. The quantitative estimate of drug-likeness (QED) is 0.767. The highest BCUT2D eigenvalue weighted by atomic mass is 32.2. The van der Waals surface area contributed by atoms with Gasteiger partial charge in [0.25, 0.3) is 0 Å². The molecular weight excluding hydrogens is 290 g/mol. The molecule has 0 unspecified atom stereocenters. The molecule has 0 aliphatic carbocycles. The average Bonchev–Trinajstić information content (AvgIpc) is 2.76. The van der Waals surface area contributed by atoms with Gasteiger partial charge in [-0.3, -0.25) is 9.69 Å². The van der Waals surface area contributed by atoms with Crippen LogP contribution in [-0.4, -0.2) is 50.3 Å². The van der Waals surface area contributed by atoms with Crippen molar-refractivity contribution in [2.75, 3.05) is 29.8 Å². The smallest absolute Gasteiger partial charge is 0.307 e. The molecule has 0 bridgehead atoms. The van der Waals surface area contributed by atoms with E-state index in [1.807, 2.05) is 23.5 Å². The molecule has 0 atom stereocenters. The van der Waals surface area contributed by atoms with Gasteiger partial charge < -0.3 is 4.74 Å². The van der Waals surface area contributed by atoms with Crippen LogP contribution in [-0.2, 0) is 16.1 Å². The summed E-state index contributed by atoms with van der Waals surface area (Å²) in [6.45, 7) is 1.07. The summed E-state index contributed by atoms with van der Waals surface area (Å²) in [6.07, 6.45) is 2.08. The molecule has 0 amide bonds. The van der Waals surface area contributed by atoms with Crippen LogP contribution in [0.4, 0.5) is 0 Å². The maximum absolute atomic E-state index is 11.6. The van der Waals surface area contributed by atoms with E-state index in [0.717, 1.165) is 23.2 Å². The minimum absolute atomic E-state index is 0.150. The van der Waals surface area contributed by atoms with Crippen molar-refractivity contribution in [3.05, 3.63) is 11.1 Å². The Labute approximate surface area is 119 Å². The van der Waals surface area contributed by atoms with Crippen LogP contribution in [0.1, 0.15) is 11.3 Å². The van der Waals surface area contributed by atoms with Crippen LogP contribution in [0.15, 0.2) is 6.20 Å². The fraction of sp³-hybridized carbons (Fsp3) is 0.700. The zero-order valence-corrected chi connectivity index (χ0v) is 12.4. The predicted octanol–water partition coefficient (Wildman–Crippen LogP) is 1.67. The van der Waals surface area contributed by atoms with Crippen molar-refractivity contribution in [2.24, 2.45) is 0 Å². The van der Waals surface area contributed by atoms with Crippen molar-refractivity contribution >= 4 is 41.0 Å². The van der Waals surface area contributed by atoms with Crippen LogP contribution >= 0.6 is 35.1 Å². The number of ether oxygens (including phenoxy) is 1. The monoisotopic (exact) mass is 305 g/mol. The zero-order chi connectivity index (χ0) is 12.6. The first-order valence-electron chi connectivity index (χ1n) is 5.64. The number of hydrogen-bond donors (Lipinski definition) is 0. The van der Waals surface area contributed by atoms with E-state index in [1.54, 1.807) is 6.20 Å². The van der Waals surface area contributed by atoms with E-state index >= 15 is 0 Å². The summed E-state index contributed by atoms with van der Waals surface area (Å²) in [5, 5.41) is 3.69. The first kappa shape index (κ1) is 14.1. The Kier molecular flexibility index (Phi) is 6.25. The highest BCUT2D eigenvalue weighted by Crippen LogP contribution is 2.17. The van der Waals surface area contributed by atoms with Crippen molar-refractivity contribution in [2.45, 2.75) is 13.0 Å². The number of hydrogen-bond acceptors (Lipinski definition) is 8. The van der Waals surface area contributed by atoms with E-state index in [1.165, 1.54) is 23.0 Å². The minimum atomic E-state index is -0.150. The Balaban J connectivity index is 1.61. The summed E-state index contributed by atoms with van der Waals surface area (Å²) in [5.74, 6) is 4.27. The Bertz CT molecular complexity index is 353. The van der Waals surface area contributed by atoms with Gasteiger partial charge in [-0.1, -0.05) is 4.49 Å². The molecule has 18 heavy (non-hydrogen) atoms. The molecule has 2 rings (SSSR count). The van der Waals surface area contributed by atoms with Gasteiger partial charge in [-0.25, -0.2) is 0 Å². The normalized spacial score (nSPS) is 17.3. The van der Waals surface area contributed by atoms with Crippen molar-refractivity contribution < 1.29 is 9.53 Å². The summed E-state index contributed by atoms with van der Waals surface area (Å²) < 4.78 is 8.88. The molecular formula is C10H15N3O2S3. The third-order valence-corrected chi connectivity index (χ3v) is 5.31. The lowest BCUT2D eigenvalue weighted by Gasteiger charge is -2.17. The van der Waals surface area contributed by atoms with Gasteiger partial charge in [-0.15, -0.1) is 28.6 Å². The summed E-state index contributed by atoms with van der Waals surface area (Å²) >= 11 is 5.11. The Morgan fingerprint density at radius 3 is 2.83 bits per heavy atom. The number of aromatic nitrogens is 2. The van der Waals surface area contributed by atoms with E-state index in [0.29, 0.717) is 13.0 Å². The van der Waals surface area contributed by atoms with Gasteiger partial charge in [0, 0.05) is 29.8 Å². The molecule has 1 aliphatic heterocycles. The van der Waals surface area contributed by atoms with Crippen molar-refractivity contribution in [1.29, 1.82) is 0 Å². The summed E-state index contributed by atoms with van der Waals surface area (Å²) in [5.41, 5.74) is 0. The van der Waals surface area contributed by atoms with Gasteiger partial charge in [-0.05, 0) is 11.5 Å². The van der Waals surface area contributed by atoms with Gasteiger partial charge in [0.15, 0.2) is 0 Å². The predicted molar refractivity (Wildman–Crippen MR) is 75.7 cm³/mol. The van der Waals surface area contributed by atoms with Gasteiger partial charge in [-0.2, -0.15) is 0 Å². The largest absolute Gasteiger partial charge is 0.460 e. The van der Waals surface area contributed by atoms with Crippen LogP contribution in [0.5, 0.6) is 0 Å². The second-order valence-corrected chi connectivity index (χ2v) is 6.78. The van der Waals surface area contributed by atoms with Gasteiger partial charge >= 0.3 is 5.97 Å². The highest BCUT2D eigenvalue weighted by Gasteiger charge is 2.12. The maximum atomic E-state index is 11.6. The Hall–Kier alpha value is -0.310. The first-order chi connectivity index (χ1) is 8.84. The molecule has 1 aromatic heterocycles. The van der Waals surface area contributed by atoms with Crippen LogP contribution in [0.25, 0.3) is 0 Å². The molecule has 1 fully saturated rings. The second kappa shape index (κ2) is 7.98. The molecule has 2 heterocycles. The van der Waals surface area contributed by atoms with Crippen molar-refractivity contribution in [3.8, 4) is 0 Å². The molecule has 1 saturated heterocycles. The molecule has 1 aromatic rings. The molecule has 0 saturated carbocycles. The number of nitrogens with zero attached hydrogens (tertiary/aromatic N) is 3. The SMILES string of the molecule is O=C(CCN1CSCCSC1)OCc1cnns1. The Morgan fingerprint density at radius 1 is 1.39 bits per heavy atom. The fourth-order valence-electron chi connectivity index (χ4n) is 1.40. The molecule has 100 valence electrons. The topological polar surface area (TPSA) is 55.3 Å². The van der Waals surface area contributed by atoms with E-state index < -0.39 is 0 Å². The van der Waals surface area contributed by atoms with E-state index in [9.17, 15) is 4.79 Å². The standard InChI is InChI=1S/C10H15N3O2S3/c14-10(15-6-9-5-11-12-18-9)1-2-13-7-16-3-4-17-8-13/h5H,1-4,6-8H2. The summed E-state index contributed by atoms with van der Waals surface area (Å²) in [6, 6.07) is 0. The lowest BCUT2D eigenvalue weighted by atomic mass is 10.4. The third-order valence-electron chi connectivity index (χ3n) is 2.33. The maximum Gasteiger partial charge on any atom is 0.307 e. The second-order valence-electron chi connectivity index (χ2n) is 3.76. The van der Waals surface area contributed by atoms with E-state index in [2.05, 4.69) is 14.5 Å². The van der Waals surface area contributed by atoms with Gasteiger partial charge in [0.05, 0.1) is 17.5 Å². The fourth-order valence-corrected chi connectivity index (χ4v) is 4.07. The number of rotatable bonds is 5. The summed E-state index contributed by atoms with van der Waals surface area (Å²) in [4.78, 5) is 14.7. The highest BCUT2D eigenvalue weighted by molar-refractivity contribution is 8.03. The minimum Gasteiger partial charge on any atom is -0.460 e. The average molecular weight is 305 g/mol. The van der Waals surface area contributed by atoms with Crippen LogP contribution in [0.3, 0.4) is 0 Å². The number of carbonyl (C=O) groups is 1. The lowest BCUT2D eigenvalue weighted by Crippen LogP contribution is -2.25. The van der Waals surface area contributed by atoms with Crippen molar-refractivity contribution in [3.63, 3.8) is 0 Å². The van der Waals surface area contributed by atoms with E-state index in [-0.39, 0.29) is 5.97 Å². The van der Waals surface area contributed by atoms with Crippen LogP contribution in [0.2, 0.25) is 0 Å². The lowest BCUT2D eigenvalue weighted by molar-refractivity contribution is -0.145. The molecule has 0 N–H and O–H groups in total. The molecule has 1 aliphatic rings. The Morgan fingerprint density at radius 2 is 2.17 bits per heavy atom. The number of thioether (sulfide) groups is 2. The van der Waals surface area contributed by atoms with Crippen LogP contribution < -0.4 is 0 Å². The third kappa shape index (κ3) is 5.13. The molecule has 0 spiro atoms. The molecule has 0 aromatic carbocycles. The summed E-state index contributed by atoms with van der Waals surface area (Å²) in [7, 11) is 0. The van der Waals surface area contributed by atoms with Crippen molar-refractivity contribution in [1.82, 2.24) is 14.5 Å². The van der Waals surface area contributed by atoms with Gasteiger partial charge in [0.1, 0.15) is 6.61 Å².